The van der Waals surface area contributed by atoms with Gasteiger partial charge in [-0.3, -0.25) is 4.98 Å². The average molecular weight is 181 g/mol. The molecule has 1 nitrogen and oxygen atoms in total. The van der Waals surface area contributed by atoms with Gasteiger partial charge in [-0.15, -0.1) is 0 Å². The summed E-state index contributed by atoms with van der Waals surface area (Å²) in [4.78, 5) is 4.49. The van der Waals surface area contributed by atoms with Crippen molar-refractivity contribution in [3.8, 4) is 0 Å². The molecule has 0 aliphatic rings. The zero-order chi connectivity index (χ0) is 9.14. The smallest absolute Gasteiger partial charge is 0.0432 e. The van der Waals surface area contributed by atoms with E-state index in [0.717, 1.165) is 17.1 Å². The Labute approximate surface area is 79.6 Å². The Morgan fingerprint density at radius 2 is 2.08 bits per heavy atom. The Morgan fingerprint density at radius 3 is 2.50 bits per heavy atom. The van der Waals surface area contributed by atoms with Gasteiger partial charge in [-0.2, -0.15) is 12.6 Å². The number of pyridine rings is 1. The van der Waals surface area contributed by atoms with Gasteiger partial charge in [0.2, 0.25) is 0 Å². The van der Waals surface area contributed by atoms with Crippen molar-refractivity contribution < 1.29 is 0 Å². The van der Waals surface area contributed by atoms with Gasteiger partial charge in [-0.05, 0) is 24.5 Å². The first-order valence-electron chi connectivity index (χ1n) is 4.22. The fraction of sp³-hybridized carbons (Fsp3) is 0.500. The quantitative estimate of drug-likeness (QED) is 0.692. The minimum absolute atomic E-state index is 0.512. The second kappa shape index (κ2) is 3.94. The molecule has 0 N–H and O–H groups in total. The number of hydrogen-bond donors (Lipinski definition) is 1. The van der Waals surface area contributed by atoms with Crippen LogP contribution in [0.1, 0.15) is 36.7 Å². The standard InChI is InChI=1S/C10H15NS/c1-7(2)10-5-4-9(6-12)8(3)11-10/h4-5,7,12H,6H2,1-3H3. The van der Waals surface area contributed by atoms with Crippen LogP contribution in [0.5, 0.6) is 0 Å². The maximum atomic E-state index is 4.49. The number of hydrogen-bond acceptors (Lipinski definition) is 2. The molecule has 0 saturated carbocycles. The van der Waals surface area contributed by atoms with Crippen LogP contribution in [-0.4, -0.2) is 4.98 Å². The van der Waals surface area contributed by atoms with Gasteiger partial charge in [0.05, 0.1) is 0 Å². The summed E-state index contributed by atoms with van der Waals surface area (Å²) in [6, 6.07) is 4.20. The molecule has 12 heavy (non-hydrogen) atoms. The summed E-state index contributed by atoms with van der Waals surface area (Å²) >= 11 is 4.23. The molecule has 0 bridgehead atoms. The van der Waals surface area contributed by atoms with Crippen molar-refractivity contribution in [3.63, 3.8) is 0 Å². The third-order valence-electron chi connectivity index (χ3n) is 1.98. The molecule has 66 valence electrons. The van der Waals surface area contributed by atoms with E-state index in [1.54, 1.807) is 0 Å². The van der Waals surface area contributed by atoms with E-state index in [2.05, 4.69) is 43.6 Å². The molecule has 0 aromatic carbocycles. The number of rotatable bonds is 2. The lowest BCUT2D eigenvalue weighted by Gasteiger charge is -2.07. The molecule has 0 radical (unpaired) electrons. The van der Waals surface area contributed by atoms with Crippen LogP contribution in [0.15, 0.2) is 12.1 Å². The first kappa shape index (κ1) is 9.59. The Bertz CT molecular complexity index is 269. The lowest BCUT2D eigenvalue weighted by Crippen LogP contribution is -1.97. The van der Waals surface area contributed by atoms with Gasteiger partial charge >= 0.3 is 0 Å². The molecule has 0 amide bonds. The van der Waals surface area contributed by atoms with Crippen LogP contribution in [0, 0.1) is 6.92 Å². The van der Waals surface area contributed by atoms with Gasteiger partial charge in [0.1, 0.15) is 0 Å². The first-order chi connectivity index (χ1) is 5.65. The number of aryl methyl sites for hydroxylation is 1. The summed E-state index contributed by atoms with van der Waals surface area (Å²) in [6.07, 6.45) is 0. The van der Waals surface area contributed by atoms with Crippen molar-refractivity contribution in [1.82, 2.24) is 4.98 Å². The van der Waals surface area contributed by atoms with E-state index in [1.807, 2.05) is 6.92 Å². The van der Waals surface area contributed by atoms with Crippen molar-refractivity contribution in [2.75, 3.05) is 0 Å². The highest BCUT2D eigenvalue weighted by Gasteiger charge is 2.02. The van der Waals surface area contributed by atoms with E-state index in [9.17, 15) is 0 Å². The van der Waals surface area contributed by atoms with E-state index >= 15 is 0 Å². The third-order valence-corrected chi connectivity index (χ3v) is 2.32. The van der Waals surface area contributed by atoms with Crippen molar-refractivity contribution in [1.29, 1.82) is 0 Å². The lowest BCUT2D eigenvalue weighted by atomic mass is 10.1. The summed E-state index contributed by atoms with van der Waals surface area (Å²) in [5.74, 6) is 1.29. The number of aromatic nitrogens is 1. The number of thiol groups is 1. The van der Waals surface area contributed by atoms with E-state index in [4.69, 9.17) is 0 Å². The summed E-state index contributed by atoms with van der Waals surface area (Å²) in [6.45, 7) is 6.35. The lowest BCUT2D eigenvalue weighted by molar-refractivity contribution is 0.812. The largest absolute Gasteiger partial charge is 0.258 e. The highest BCUT2D eigenvalue weighted by atomic mass is 32.1. The second-order valence-electron chi connectivity index (χ2n) is 3.29. The monoisotopic (exact) mass is 181 g/mol. The van der Waals surface area contributed by atoms with Crippen LogP contribution in [-0.2, 0) is 5.75 Å². The zero-order valence-corrected chi connectivity index (χ0v) is 8.73. The fourth-order valence-electron chi connectivity index (χ4n) is 1.10. The molecule has 0 aliphatic heterocycles. The Morgan fingerprint density at radius 1 is 1.42 bits per heavy atom. The maximum Gasteiger partial charge on any atom is 0.0432 e. The molecular formula is C10H15NS. The second-order valence-corrected chi connectivity index (χ2v) is 3.61. The third kappa shape index (κ3) is 2.01. The van der Waals surface area contributed by atoms with Crippen LogP contribution in [0.3, 0.4) is 0 Å². The normalized spacial score (nSPS) is 10.8. The van der Waals surface area contributed by atoms with Crippen LogP contribution in [0.25, 0.3) is 0 Å². The average Bonchev–Trinajstić information content (AvgIpc) is 2.04. The molecular weight excluding hydrogens is 166 g/mol. The van der Waals surface area contributed by atoms with E-state index < -0.39 is 0 Å². The van der Waals surface area contributed by atoms with Crippen LogP contribution < -0.4 is 0 Å². The maximum absolute atomic E-state index is 4.49. The minimum atomic E-state index is 0.512. The fourth-order valence-corrected chi connectivity index (χ4v) is 1.43. The molecule has 1 aromatic heterocycles. The van der Waals surface area contributed by atoms with Crippen molar-refractivity contribution in [2.45, 2.75) is 32.4 Å². The van der Waals surface area contributed by atoms with Crippen LogP contribution in [0.2, 0.25) is 0 Å². The van der Waals surface area contributed by atoms with Crippen molar-refractivity contribution >= 4 is 12.6 Å². The molecule has 1 heterocycles. The molecule has 1 rings (SSSR count). The van der Waals surface area contributed by atoms with Gasteiger partial charge in [-0.25, -0.2) is 0 Å². The summed E-state index contributed by atoms with van der Waals surface area (Å²) in [5.41, 5.74) is 3.50. The zero-order valence-electron chi connectivity index (χ0n) is 7.83. The topological polar surface area (TPSA) is 12.9 Å². The summed E-state index contributed by atoms with van der Waals surface area (Å²) < 4.78 is 0. The van der Waals surface area contributed by atoms with Gasteiger partial charge < -0.3 is 0 Å². The SMILES string of the molecule is Cc1nc(C(C)C)ccc1CS. The predicted molar refractivity (Wildman–Crippen MR) is 55.8 cm³/mol. The highest BCUT2D eigenvalue weighted by molar-refractivity contribution is 7.79. The van der Waals surface area contributed by atoms with Crippen molar-refractivity contribution in [2.24, 2.45) is 0 Å². The van der Waals surface area contributed by atoms with E-state index in [1.165, 1.54) is 5.56 Å². The molecule has 2 heteroatoms. The van der Waals surface area contributed by atoms with Crippen molar-refractivity contribution in [3.05, 3.63) is 29.1 Å². The molecule has 0 saturated heterocycles. The Balaban J connectivity index is 3.02. The van der Waals surface area contributed by atoms with E-state index in [0.29, 0.717) is 5.92 Å². The summed E-state index contributed by atoms with van der Waals surface area (Å²) in [5, 5.41) is 0. The molecule has 0 aliphatic carbocycles. The van der Waals surface area contributed by atoms with Gasteiger partial charge in [0.25, 0.3) is 0 Å². The molecule has 0 fully saturated rings. The number of nitrogens with zero attached hydrogens (tertiary/aromatic N) is 1. The van der Waals surface area contributed by atoms with Gasteiger partial charge in [-0.1, -0.05) is 19.9 Å². The predicted octanol–water partition coefficient (Wildman–Crippen LogP) is 2.94. The van der Waals surface area contributed by atoms with Crippen LogP contribution in [0.4, 0.5) is 0 Å². The molecule has 0 spiro atoms. The Hall–Kier alpha value is -0.500. The first-order valence-corrected chi connectivity index (χ1v) is 4.85. The van der Waals surface area contributed by atoms with E-state index in [-0.39, 0.29) is 0 Å². The summed E-state index contributed by atoms with van der Waals surface area (Å²) in [7, 11) is 0. The van der Waals surface area contributed by atoms with Crippen LogP contribution >= 0.6 is 12.6 Å². The molecule has 0 unspecified atom stereocenters. The van der Waals surface area contributed by atoms with Gasteiger partial charge in [0.15, 0.2) is 0 Å². The molecule has 0 atom stereocenters. The van der Waals surface area contributed by atoms with Gasteiger partial charge in [0, 0.05) is 17.1 Å². The minimum Gasteiger partial charge on any atom is -0.258 e. The molecule has 1 aromatic rings. The highest BCUT2D eigenvalue weighted by Crippen LogP contribution is 2.15. The Kier molecular flexibility index (Phi) is 3.15.